The van der Waals surface area contributed by atoms with E-state index in [1.54, 1.807) is 6.20 Å². The van der Waals surface area contributed by atoms with Gasteiger partial charge >= 0.3 is 0 Å². The van der Waals surface area contributed by atoms with Crippen molar-refractivity contribution in [3.63, 3.8) is 0 Å². The van der Waals surface area contributed by atoms with Gasteiger partial charge in [-0.1, -0.05) is 27.7 Å². The number of hydrogen-bond acceptors (Lipinski definition) is 3. The summed E-state index contributed by atoms with van der Waals surface area (Å²) in [5.41, 5.74) is 6.36. The number of rotatable bonds is 4. The van der Waals surface area contributed by atoms with Gasteiger partial charge in [-0.3, -0.25) is 9.97 Å². The number of fused-ring (bicyclic) bond motifs is 3. The van der Waals surface area contributed by atoms with Crippen molar-refractivity contribution in [3.8, 4) is 17.1 Å². The molecule has 5 rings (SSSR count). The molecule has 0 N–H and O–H groups in total. The summed E-state index contributed by atoms with van der Waals surface area (Å²) in [5.74, 6) is 1.49. The quantitative estimate of drug-likeness (QED) is 0.216. The molecule has 0 atom stereocenters. The summed E-state index contributed by atoms with van der Waals surface area (Å²) in [5, 5.41) is 2.26. The second-order valence-corrected chi connectivity index (χ2v) is 8.29. The third kappa shape index (κ3) is 3.52. The molecule has 3 aromatic heterocycles. The largest absolute Gasteiger partial charge is 0.454 e. The second kappa shape index (κ2) is 8.41. The summed E-state index contributed by atoms with van der Waals surface area (Å²) >= 11 is 0. The van der Waals surface area contributed by atoms with E-state index < -0.39 is 0 Å². The van der Waals surface area contributed by atoms with Crippen molar-refractivity contribution in [2.45, 2.75) is 39.5 Å². The molecule has 0 aliphatic carbocycles. The van der Waals surface area contributed by atoms with Crippen LogP contribution in [-0.2, 0) is 20.1 Å². The number of imidazole rings is 1. The zero-order valence-electron chi connectivity index (χ0n) is 18.0. The molecule has 5 aromatic rings. The van der Waals surface area contributed by atoms with Gasteiger partial charge < -0.3 is 8.98 Å². The molecule has 0 amide bonds. The van der Waals surface area contributed by atoms with E-state index in [0.717, 1.165) is 39.0 Å². The van der Waals surface area contributed by atoms with E-state index in [2.05, 4.69) is 54.4 Å². The van der Waals surface area contributed by atoms with Crippen molar-refractivity contribution < 1.29 is 24.5 Å². The molecular weight excluding hydrogens is 563 g/mol. The average Bonchev–Trinajstić information content (AvgIpc) is 3.37. The topological polar surface area (TPSA) is 43.9 Å². The van der Waals surface area contributed by atoms with E-state index in [1.807, 2.05) is 48.9 Å². The zero-order valence-corrected chi connectivity index (χ0v) is 20.4. The monoisotopic (exact) mass is 587 g/mol. The summed E-state index contributed by atoms with van der Waals surface area (Å²) in [6.45, 7) is 8.92. The molecule has 0 bridgehead atoms. The molecule has 0 aliphatic heterocycles. The zero-order chi connectivity index (χ0) is 20.8. The Morgan fingerprint density at radius 3 is 2.55 bits per heavy atom. The average molecular weight is 587 g/mol. The minimum absolute atomic E-state index is 0. The smallest absolute Gasteiger partial charge is 0.153 e. The summed E-state index contributed by atoms with van der Waals surface area (Å²) in [6, 6.07) is 15.6. The van der Waals surface area contributed by atoms with Crippen molar-refractivity contribution in [1.82, 2.24) is 14.5 Å². The molecule has 0 spiro atoms. The van der Waals surface area contributed by atoms with Gasteiger partial charge in [0.2, 0.25) is 0 Å². The first kappa shape index (κ1) is 21.5. The predicted octanol–water partition coefficient (Wildman–Crippen LogP) is 6.88. The Labute approximate surface area is 195 Å². The number of aromatic nitrogens is 3. The third-order valence-corrected chi connectivity index (χ3v) is 5.64. The first-order valence-electron chi connectivity index (χ1n) is 10.4. The third-order valence-electron chi connectivity index (χ3n) is 5.64. The number of hydrogen-bond donors (Lipinski definition) is 0. The number of nitrogens with zero attached hydrogens (tertiary/aromatic N) is 3. The fraction of sp³-hybridized carbons (Fsp3) is 0.231. The molecule has 0 saturated carbocycles. The van der Waals surface area contributed by atoms with Gasteiger partial charge in [0.1, 0.15) is 5.58 Å². The Hall–Kier alpha value is -2.75. The fourth-order valence-electron chi connectivity index (χ4n) is 4.26. The summed E-state index contributed by atoms with van der Waals surface area (Å²) in [7, 11) is 0. The van der Waals surface area contributed by atoms with Gasteiger partial charge in [0.05, 0.1) is 12.0 Å². The van der Waals surface area contributed by atoms with Gasteiger partial charge in [0, 0.05) is 60.7 Å². The van der Waals surface area contributed by atoms with Gasteiger partial charge in [0.25, 0.3) is 0 Å². The molecule has 1 radical (unpaired) electrons. The van der Waals surface area contributed by atoms with Crippen LogP contribution in [0.2, 0.25) is 0 Å². The maximum atomic E-state index is 6.36. The maximum absolute atomic E-state index is 6.36. The maximum Gasteiger partial charge on any atom is 0.153 e. The predicted molar refractivity (Wildman–Crippen MR) is 121 cm³/mol. The number of benzene rings is 2. The normalized spacial score (nSPS) is 11.5. The summed E-state index contributed by atoms with van der Waals surface area (Å²) < 4.78 is 8.56. The summed E-state index contributed by atoms with van der Waals surface area (Å²) in [4.78, 5) is 8.93. The van der Waals surface area contributed by atoms with Crippen molar-refractivity contribution in [2.24, 2.45) is 0 Å². The Morgan fingerprint density at radius 2 is 1.84 bits per heavy atom. The van der Waals surface area contributed by atoms with Crippen LogP contribution >= 0.6 is 0 Å². The number of furan rings is 1. The minimum Gasteiger partial charge on any atom is -0.454 e. The molecule has 4 nitrogen and oxygen atoms in total. The molecule has 159 valence electrons. The minimum atomic E-state index is 0. The van der Waals surface area contributed by atoms with Gasteiger partial charge in [0.15, 0.2) is 5.58 Å². The molecule has 0 aliphatic rings. The molecule has 0 saturated heterocycles. The van der Waals surface area contributed by atoms with Crippen LogP contribution in [0.25, 0.3) is 39.0 Å². The van der Waals surface area contributed by atoms with E-state index in [9.17, 15) is 0 Å². The van der Waals surface area contributed by atoms with Crippen molar-refractivity contribution in [3.05, 3.63) is 78.4 Å². The summed E-state index contributed by atoms with van der Waals surface area (Å²) in [6.07, 6.45) is 7.53. The van der Waals surface area contributed by atoms with Crippen molar-refractivity contribution in [1.29, 1.82) is 0 Å². The second-order valence-electron chi connectivity index (χ2n) is 8.29. The Balaban J connectivity index is 0.00000231. The van der Waals surface area contributed by atoms with Crippen molar-refractivity contribution in [2.75, 3.05) is 0 Å². The molecule has 2 aromatic carbocycles. The number of pyridine rings is 1. The molecular formula is C26H24IrN3O-. The Kier molecular flexibility index (Phi) is 5.83. The van der Waals surface area contributed by atoms with Crippen LogP contribution in [-0.4, -0.2) is 14.5 Å². The van der Waals surface area contributed by atoms with Crippen LogP contribution in [0.1, 0.15) is 50.7 Å². The standard InChI is InChI=1S/C26H24N3O.Ir/c1-16(2)20-14-21-19-10-11-27-15-22(19)30-25(21)23(17(3)4)24(20)29-13-12-28-26(29)18-8-6-5-7-9-18;/h5-8,10-17H,1-4H3;/q-1;. The van der Waals surface area contributed by atoms with Gasteiger partial charge in [-0.15, -0.1) is 35.9 Å². The Bertz CT molecular complexity index is 1350. The molecule has 31 heavy (non-hydrogen) atoms. The van der Waals surface area contributed by atoms with Crippen molar-refractivity contribution >= 4 is 21.9 Å². The SMILES string of the molecule is CC(C)c1cc2c(oc3cnccc32)c(C(C)C)c1-n1ccnc1-c1[c-]cccc1.[Ir]. The van der Waals surface area contributed by atoms with Crippen LogP contribution in [0.3, 0.4) is 0 Å². The van der Waals surface area contributed by atoms with Gasteiger partial charge in [-0.05, 0) is 29.5 Å². The van der Waals surface area contributed by atoms with Gasteiger partial charge in [-0.2, -0.15) is 0 Å². The van der Waals surface area contributed by atoms with Crippen LogP contribution in [0.4, 0.5) is 0 Å². The van der Waals surface area contributed by atoms with E-state index in [4.69, 9.17) is 4.42 Å². The Morgan fingerprint density at radius 1 is 1.00 bits per heavy atom. The van der Waals surface area contributed by atoms with Crippen LogP contribution in [0.15, 0.2) is 65.6 Å². The van der Waals surface area contributed by atoms with E-state index in [-0.39, 0.29) is 26.0 Å². The molecule has 5 heteroatoms. The van der Waals surface area contributed by atoms with E-state index in [1.165, 1.54) is 11.1 Å². The van der Waals surface area contributed by atoms with Crippen LogP contribution < -0.4 is 0 Å². The first-order valence-corrected chi connectivity index (χ1v) is 10.4. The first-order chi connectivity index (χ1) is 14.6. The fourth-order valence-corrected chi connectivity index (χ4v) is 4.26. The van der Waals surface area contributed by atoms with E-state index >= 15 is 0 Å². The van der Waals surface area contributed by atoms with Crippen LogP contribution in [0.5, 0.6) is 0 Å². The van der Waals surface area contributed by atoms with E-state index in [0.29, 0.717) is 5.92 Å². The molecule has 3 heterocycles. The van der Waals surface area contributed by atoms with Gasteiger partial charge in [-0.25, -0.2) is 0 Å². The molecule has 0 unspecified atom stereocenters. The van der Waals surface area contributed by atoms with Crippen LogP contribution in [0, 0.1) is 6.07 Å². The molecule has 0 fully saturated rings.